The largest absolute Gasteiger partial charge is 0.310 e. The van der Waals surface area contributed by atoms with Gasteiger partial charge in [-0.3, -0.25) is 0 Å². The highest BCUT2D eigenvalue weighted by Crippen LogP contribution is 2.62. The van der Waals surface area contributed by atoms with E-state index in [0.29, 0.717) is 0 Å². The lowest BCUT2D eigenvalue weighted by atomic mass is 9.59. The molecular weight excluding hydrogens is 795 g/mol. The first-order valence-corrected chi connectivity index (χ1v) is 23.3. The van der Waals surface area contributed by atoms with Crippen molar-refractivity contribution in [3.8, 4) is 55.6 Å². The summed E-state index contributed by atoms with van der Waals surface area (Å²) in [5.41, 5.74) is 27.2. The minimum Gasteiger partial charge on any atom is -0.310 e. The molecule has 0 fully saturated rings. The molecule has 2 bridgehead atoms. The van der Waals surface area contributed by atoms with Gasteiger partial charge in [-0.2, -0.15) is 0 Å². The normalized spacial score (nSPS) is 15.5. The standard InChI is InChI=1S/C65H47N/c1-65(2)57-29-14-13-27-56(57)60-50(28-16-30-58(60)65)55-39-40-59(64-62-53-25-11-9-23-51(53)61(63(55)64)52-24-10-12-26-54(52)62)66(48-35-31-44(32-36-48)42-17-5-3-6-18-42)49-37-33-45(34-38-49)47-22-15-21-46(41-47)43-19-7-4-8-20-43/h3-41,61-62H,1-2H3. The van der Waals surface area contributed by atoms with Crippen molar-refractivity contribution in [1.29, 1.82) is 0 Å². The molecule has 10 aromatic carbocycles. The Bertz CT molecular complexity index is 3440. The topological polar surface area (TPSA) is 3.24 Å². The minimum absolute atomic E-state index is 0.0546. The maximum Gasteiger partial charge on any atom is 0.0506 e. The number of benzene rings is 10. The van der Waals surface area contributed by atoms with E-state index in [1.54, 1.807) is 0 Å². The molecule has 1 heteroatoms. The van der Waals surface area contributed by atoms with Crippen molar-refractivity contribution in [2.45, 2.75) is 31.1 Å². The second-order valence-electron chi connectivity index (χ2n) is 18.7. The fraction of sp³-hybridized carbons (Fsp3) is 0.0769. The van der Waals surface area contributed by atoms with E-state index in [2.05, 4.69) is 255 Å². The van der Waals surface area contributed by atoms with E-state index < -0.39 is 0 Å². The van der Waals surface area contributed by atoms with Gasteiger partial charge in [0, 0.05) is 28.6 Å². The zero-order chi connectivity index (χ0) is 43.9. The number of nitrogens with zero attached hydrogens (tertiary/aromatic N) is 1. The zero-order valence-electron chi connectivity index (χ0n) is 37.1. The third-order valence-corrected chi connectivity index (χ3v) is 14.9. The summed E-state index contributed by atoms with van der Waals surface area (Å²) >= 11 is 0. The first kappa shape index (κ1) is 38.5. The molecule has 4 aliphatic carbocycles. The van der Waals surface area contributed by atoms with Crippen LogP contribution in [0, 0.1) is 0 Å². The highest BCUT2D eigenvalue weighted by molar-refractivity contribution is 5.97. The minimum atomic E-state index is -0.0993. The first-order chi connectivity index (χ1) is 32.5. The molecular formula is C65H47N. The summed E-state index contributed by atoms with van der Waals surface area (Å²) in [5, 5.41) is 0. The predicted molar refractivity (Wildman–Crippen MR) is 275 cm³/mol. The Kier molecular flexibility index (Phi) is 8.77. The van der Waals surface area contributed by atoms with Crippen LogP contribution in [0.15, 0.2) is 237 Å². The molecule has 10 aromatic rings. The molecule has 0 unspecified atom stereocenters. The maximum absolute atomic E-state index is 2.53. The van der Waals surface area contributed by atoms with Gasteiger partial charge in [-0.1, -0.05) is 214 Å². The number of fused-ring (bicyclic) bond motifs is 3. The van der Waals surface area contributed by atoms with Crippen LogP contribution in [0.1, 0.15) is 70.2 Å². The molecule has 0 N–H and O–H groups in total. The predicted octanol–water partition coefficient (Wildman–Crippen LogP) is 17.1. The summed E-state index contributed by atoms with van der Waals surface area (Å²) in [5.74, 6) is 0.133. The average Bonchev–Trinajstić information content (AvgIpc) is 3.63. The molecule has 0 atom stereocenters. The average molecular weight is 842 g/mol. The molecule has 4 aliphatic rings. The Morgan fingerprint density at radius 2 is 0.742 bits per heavy atom. The number of anilines is 3. The highest BCUT2D eigenvalue weighted by Gasteiger charge is 2.45. The first-order valence-electron chi connectivity index (χ1n) is 23.3. The van der Waals surface area contributed by atoms with Crippen molar-refractivity contribution >= 4 is 17.1 Å². The monoisotopic (exact) mass is 841 g/mol. The fourth-order valence-corrected chi connectivity index (χ4v) is 11.9. The lowest BCUT2D eigenvalue weighted by Crippen LogP contribution is -2.30. The summed E-state index contributed by atoms with van der Waals surface area (Å²) in [6, 6.07) is 88.2. The van der Waals surface area contributed by atoms with Gasteiger partial charge in [-0.05, 0) is 137 Å². The Hall–Kier alpha value is -8.00. The molecule has 66 heavy (non-hydrogen) atoms. The van der Waals surface area contributed by atoms with E-state index in [-0.39, 0.29) is 17.3 Å². The molecule has 0 saturated heterocycles. The van der Waals surface area contributed by atoms with Crippen molar-refractivity contribution in [3.63, 3.8) is 0 Å². The maximum atomic E-state index is 2.53. The van der Waals surface area contributed by atoms with Gasteiger partial charge in [0.15, 0.2) is 0 Å². The molecule has 312 valence electrons. The Labute approximate surface area is 388 Å². The van der Waals surface area contributed by atoms with Crippen LogP contribution in [-0.4, -0.2) is 0 Å². The molecule has 0 spiro atoms. The van der Waals surface area contributed by atoms with E-state index in [1.165, 1.54) is 106 Å². The third kappa shape index (κ3) is 5.86. The molecule has 1 nitrogen and oxygen atoms in total. The van der Waals surface area contributed by atoms with Crippen LogP contribution < -0.4 is 4.90 Å². The molecule has 0 radical (unpaired) electrons. The third-order valence-electron chi connectivity index (χ3n) is 14.9. The van der Waals surface area contributed by atoms with E-state index in [0.717, 1.165) is 11.4 Å². The Balaban J connectivity index is 1.05. The summed E-state index contributed by atoms with van der Waals surface area (Å²) in [6.45, 7) is 4.78. The fourth-order valence-electron chi connectivity index (χ4n) is 11.9. The lowest BCUT2D eigenvalue weighted by Gasteiger charge is -2.45. The molecule has 0 saturated carbocycles. The van der Waals surface area contributed by atoms with Gasteiger partial charge in [0.05, 0.1) is 5.69 Å². The summed E-state index contributed by atoms with van der Waals surface area (Å²) in [6.07, 6.45) is 0. The van der Waals surface area contributed by atoms with E-state index in [4.69, 9.17) is 0 Å². The molecule has 0 heterocycles. The SMILES string of the molecule is CC1(C)c2ccccc2-c2c(-c3ccc(N(c4ccc(-c5ccccc5)cc4)c4ccc(-c5cccc(-c6ccccc6)c5)cc4)c4c3C3c5ccccc5C4c4ccccc43)cccc21. The second-order valence-corrected chi connectivity index (χ2v) is 18.7. The van der Waals surface area contributed by atoms with Gasteiger partial charge < -0.3 is 4.90 Å². The van der Waals surface area contributed by atoms with Gasteiger partial charge in [0.2, 0.25) is 0 Å². The molecule has 0 aliphatic heterocycles. The quantitative estimate of drug-likeness (QED) is 0.155. The van der Waals surface area contributed by atoms with Crippen LogP contribution in [0.5, 0.6) is 0 Å². The van der Waals surface area contributed by atoms with Crippen molar-refractivity contribution in [1.82, 2.24) is 0 Å². The summed E-state index contributed by atoms with van der Waals surface area (Å²) in [4.78, 5) is 2.53. The van der Waals surface area contributed by atoms with Gasteiger partial charge in [-0.25, -0.2) is 0 Å². The van der Waals surface area contributed by atoms with E-state index in [1.807, 2.05) is 0 Å². The van der Waals surface area contributed by atoms with Crippen molar-refractivity contribution in [3.05, 3.63) is 281 Å². The van der Waals surface area contributed by atoms with Crippen LogP contribution in [-0.2, 0) is 5.41 Å². The summed E-state index contributed by atoms with van der Waals surface area (Å²) < 4.78 is 0. The Morgan fingerprint density at radius 1 is 0.318 bits per heavy atom. The van der Waals surface area contributed by atoms with Crippen molar-refractivity contribution < 1.29 is 0 Å². The van der Waals surface area contributed by atoms with Crippen LogP contribution in [0.2, 0.25) is 0 Å². The van der Waals surface area contributed by atoms with Crippen molar-refractivity contribution in [2.24, 2.45) is 0 Å². The van der Waals surface area contributed by atoms with Gasteiger partial charge in [0.1, 0.15) is 0 Å². The molecule has 14 rings (SSSR count). The van der Waals surface area contributed by atoms with E-state index >= 15 is 0 Å². The van der Waals surface area contributed by atoms with Crippen LogP contribution >= 0.6 is 0 Å². The second kappa shape index (κ2) is 15.0. The number of hydrogen-bond donors (Lipinski definition) is 0. The van der Waals surface area contributed by atoms with Crippen LogP contribution in [0.25, 0.3) is 55.6 Å². The molecule has 0 amide bonds. The van der Waals surface area contributed by atoms with Gasteiger partial charge in [0.25, 0.3) is 0 Å². The van der Waals surface area contributed by atoms with Gasteiger partial charge >= 0.3 is 0 Å². The van der Waals surface area contributed by atoms with Crippen LogP contribution in [0.4, 0.5) is 17.1 Å². The van der Waals surface area contributed by atoms with Crippen LogP contribution in [0.3, 0.4) is 0 Å². The van der Waals surface area contributed by atoms with Gasteiger partial charge in [-0.15, -0.1) is 0 Å². The smallest absolute Gasteiger partial charge is 0.0506 e. The van der Waals surface area contributed by atoms with E-state index in [9.17, 15) is 0 Å². The highest BCUT2D eigenvalue weighted by atomic mass is 15.1. The number of rotatable bonds is 7. The molecule has 0 aromatic heterocycles. The summed E-state index contributed by atoms with van der Waals surface area (Å²) in [7, 11) is 0. The lowest BCUT2D eigenvalue weighted by molar-refractivity contribution is 0.660. The number of hydrogen-bond acceptors (Lipinski definition) is 1. The zero-order valence-corrected chi connectivity index (χ0v) is 37.1. The Morgan fingerprint density at radius 3 is 1.33 bits per heavy atom. The van der Waals surface area contributed by atoms with Crippen molar-refractivity contribution in [2.75, 3.05) is 4.90 Å².